The topological polar surface area (TPSA) is 133 Å². The van der Waals surface area contributed by atoms with E-state index in [1.165, 1.54) is 12.0 Å². The highest BCUT2D eigenvalue weighted by atomic mass is 16.5. The fourth-order valence-corrected chi connectivity index (χ4v) is 5.06. The normalized spacial score (nSPS) is 21.8. The van der Waals surface area contributed by atoms with Crippen molar-refractivity contribution in [3.63, 3.8) is 0 Å². The summed E-state index contributed by atoms with van der Waals surface area (Å²) < 4.78 is 10.3. The quantitative estimate of drug-likeness (QED) is 0.472. The fraction of sp³-hybridized carbons (Fsp3) is 0.640. The number of carbonyl (C=O) groups excluding carboxylic acids is 4. The molecule has 3 aliphatic rings. The average molecular weight is 517 g/mol. The first-order chi connectivity index (χ1) is 18.0. The fourth-order valence-electron chi connectivity index (χ4n) is 5.06. The highest BCUT2D eigenvalue weighted by molar-refractivity contribution is 5.92. The molecule has 2 unspecified atom stereocenters. The van der Waals surface area contributed by atoms with Crippen LogP contribution in [0.4, 0.5) is 4.79 Å². The van der Waals surface area contributed by atoms with Gasteiger partial charge in [-0.2, -0.15) is 0 Å². The maximum Gasteiger partial charge on any atom is 0.328 e. The number of rotatable bonds is 6. The number of piperazine rings is 1. The van der Waals surface area contributed by atoms with Crippen LogP contribution in [0.2, 0.25) is 0 Å². The van der Waals surface area contributed by atoms with Gasteiger partial charge in [0, 0.05) is 50.9 Å². The molecule has 2 N–H and O–H groups in total. The number of piperidine rings is 1. The molecule has 0 spiro atoms. The van der Waals surface area contributed by atoms with E-state index in [-0.39, 0.29) is 37.4 Å². The number of amides is 4. The van der Waals surface area contributed by atoms with Crippen molar-refractivity contribution in [3.8, 4) is 0 Å². The smallest absolute Gasteiger partial charge is 0.328 e. The van der Waals surface area contributed by atoms with Gasteiger partial charge in [-0.15, -0.1) is 0 Å². The molecule has 0 radical (unpaired) electrons. The first-order valence-electron chi connectivity index (χ1n) is 12.9. The molecule has 1 aromatic rings. The van der Waals surface area contributed by atoms with Gasteiger partial charge >= 0.3 is 12.0 Å². The molecule has 0 aromatic carbocycles. The molecule has 3 aliphatic heterocycles. The Kier molecular flexibility index (Phi) is 9.29. The van der Waals surface area contributed by atoms with Gasteiger partial charge in [0.25, 0.3) is 0 Å². The molecular formula is C25H36N6O6. The van der Waals surface area contributed by atoms with E-state index in [0.717, 1.165) is 31.5 Å². The Morgan fingerprint density at radius 1 is 1.14 bits per heavy atom. The molecule has 3 saturated heterocycles. The van der Waals surface area contributed by atoms with Gasteiger partial charge in [0.2, 0.25) is 11.8 Å². The van der Waals surface area contributed by atoms with Crippen LogP contribution in [-0.2, 0) is 30.3 Å². The van der Waals surface area contributed by atoms with Crippen LogP contribution < -0.4 is 10.6 Å². The molecule has 12 nitrogen and oxygen atoms in total. The minimum Gasteiger partial charge on any atom is -0.467 e. The van der Waals surface area contributed by atoms with Gasteiger partial charge in [0.15, 0.2) is 0 Å². The molecule has 12 heteroatoms. The van der Waals surface area contributed by atoms with E-state index in [4.69, 9.17) is 9.47 Å². The third kappa shape index (κ3) is 6.75. The number of nitrogens with one attached hydrogen (secondary N) is 2. The SMILES string of the molecule is COC(=O)C(Cc1cccnc1)NC(=O)C1CN(C(=O)C2CCNCC2)CCN1C(=O)N1CCOCC1. The van der Waals surface area contributed by atoms with Crippen molar-refractivity contribution in [1.82, 2.24) is 30.3 Å². The molecule has 4 rings (SSSR count). The van der Waals surface area contributed by atoms with E-state index in [9.17, 15) is 19.2 Å². The molecule has 3 fully saturated rings. The van der Waals surface area contributed by atoms with Crippen molar-refractivity contribution in [2.75, 3.05) is 66.1 Å². The van der Waals surface area contributed by atoms with E-state index < -0.39 is 24.0 Å². The van der Waals surface area contributed by atoms with E-state index in [0.29, 0.717) is 32.8 Å². The maximum absolute atomic E-state index is 13.6. The Hall–Kier alpha value is -3.25. The predicted octanol–water partition coefficient (Wildman–Crippen LogP) is -0.753. The van der Waals surface area contributed by atoms with Gasteiger partial charge in [-0.1, -0.05) is 6.07 Å². The third-order valence-electron chi connectivity index (χ3n) is 7.18. The molecular weight excluding hydrogens is 480 g/mol. The lowest BCUT2D eigenvalue weighted by atomic mass is 9.95. The van der Waals surface area contributed by atoms with Gasteiger partial charge in [0.05, 0.1) is 26.9 Å². The lowest BCUT2D eigenvalue weighted by Gasteiger charge is -2.44. The zero-order valence-electron chi connectivity index (χ0n) is 21.3. The Labute approximate surface area is 216 Å². The average Bonchev–Trinajstić information content (AvgIpc) is 2.96. The van der Waals surface area contributed by atoms with Crippen molar-refractivity contribution >= 4 is 23.8 Å². The summed E-state index contributed by atoms with van der Waals surface area (Å²) in [7, 11) is 1.26. The van der Waals surface area contributed by atoms with Crippen molar-refractivity contribution in [3.05, 3.63) is 30.1 Å². The number of nitrogens with zero attached hydrogens (tertiary/aromatic N) is 4. The van der Waals surface area contributed by atoms with Gasteiger partial charge in [-0.3, -0.25) is 14.6 Å². The Balaban J connectivity index is 1.52. The number of hydrogen-bond donors (Lipinski definition) is 2. The summed E-state index contributed by atoms with van der Waals surface area (Å²) in [4.78, 5) is 61.8. The first-order valence-corrected chi connectivity index (χ1v) is 12.9. The maximum atomic E-state index is 13.6. The van der Waals surface area contributed by atoms with Crippen molar-refractivity contribution in [2.45, 2.75) is 31.3 Å². The number of esters is 1. The molecule has 4 amide bonds. The van der Waals surface area contributed by atoms with Gasteiger partial charge in [-0.05, 0) is 37.6 Å². The van der Waals surface area contributed by atoms with Gasteiger partial charge in [-0.25, -0.2) is 9.59 Å². The minimum atomic E-state index is -0.961. The molecule has 0 bridgehead atoms. The molecule has 1 aromatic heterocycles. The second-order valence-electron chi connectivity index (χ2n) is 9.55. The van der Waals surface area contributed by atoms with Crippen LogP contribution >= 0.6 is 0 Å². The van der Waals surface area contributed by atoms with Crippen molar-refractivity contribution < 1.29 is 28.7 Å². The van der Waals surface area contributed by atoms with E-state index >= 15 is 0 Å². The van der Waals surface area contributed by atoms with Crippen LogP contribution in [0.1, 0.15) is 18.4 Å². The number of ether oxygens (including phenoxy) is 2. The Bertz CT molecular complexity index is 950. The van der Waals surface area contributed by atoms with Crippen LogP contribution in [-0.4, -0.2) is 122 Å². The summed E-state index contributed by atoms with van der Waals surface area (Å²) in [6.45, 7) is 3.98. The van der Waals surface area contributed by atoms with Crippen LogP contribution in [0.25, 0.3) is 0 Å². The number of aromatic nitrogens is 1. The second kappa shape index (κ2) is 12.8. The zero-order chi connectivity index (χ0) is 26.2. The Morgan fingerprint density at radius 3 is 2.57 bits per heavy atom. The van der Waals surface area contributed by atoms with Crippen molar-refractivity contribution in [2.24, 2.45) is 5.92 Å². The van der Waals surface area contributed by atoms with E-state index in [1.807, 2.05) is 6.07 Å². The molecule has 2 atom stereocenters. The monoisotopic (exact) mass is 516 g/mol. The highest BCUT2D eigenvalue weighted by Gasteiger charge is 2.41. The van der Waals surface area contributed by atoms with Crippen LogP contribution in [0.5, 0.6) is 0 Å². The third-order valence-corrected chi connectivity index (χ3v) is 7.18. The number of hydrogen-bond acceptors (Lipinski definition) is 8. The summed E-state index contributed by atoms with van der Waals surface area (Å²) in [5.74, 6) is -1.18. The number of urea groups is 1. The van der Waals surface area contributed by atoms with Crippen LogP contribution in [0.3, 0.4) is 0 Å². The lowest BCUT2D eigenvalue weighted by molar-refractivity contribution is -0.147. The van der Waals surface area contributed by atoms with E-state index in [2.05, 4.69) is 15.6 Å². The Morgan fingerprint density at radius 2 is 1.89 bits per heavy atom. The van der Waals surface area contributed by atoms with Crippen LogP contribution in [0, 0.1) is 5.92 Å². The molecule has 37 heavy (non-hydrogen) atoms. The largest absolute Gasteiger partial charge is 0.467 e. The summed E-state index contributed by atoms with van der Waals surface area (Å²) in [5.41, 5.74) is 0.755. The summed E-state index contributed by atoms with van der Waals surface area (Å²) in [6.07, 6.45) is 4.93. The number of carbonyl (C=O) groups is 4. The van der Waals surface area contributed by atoms with Crippen molar-refractivity contribution in [1.29, 1.82) is 0 Å². The number of pyridine rings is 1. The second-order valence-corrected chi connectivity index (χ2v) is 9.55. The first kappa shape index (κ1) is 26.8. The standard InChI is InChI=1S/C25H36N6O6/c1-36-24(34)20(15-18-3-2-6-27-16-18)28-22(32)21-17-30(23(33)19-4-7-26-8-5-19)9-10-31(21)25(35)29-11-13-37-14-12-29/h2-3,6,16,19-21,26H,4-5,7-15,17H2,1H3,(H,28,32). The highest BCUT2D eigenvalue weighted by Crippen LogP contribution is 2.20. The number of methoxy groups -OCH3 is 1. The predicted molar refractivity (Wildman–Crippen MR) is 132 cm³/mol. The number of morpholine rings is 1. The molecule has 4 heterocycles. The lowest BCUT2D eigenvalue weighted by Crippen LogP contribution is -2.65. The summed E-state index contributed by atoms with van der Waals surface area (Å²) in [5, 5.41) is 6.05. The van der Waals surface area contributed by atoms with Gasteiger partial charge < -0.3 is 34.8 Å². The van der Waals surface area contributed by atoms with Crippen LogP contribution in [0.15, 0.2) is 24.5 Å². The summed E-state index contributed by atoms with van der Waals surface area (Å²) >= 11 is 0. The van der Waals surface area contributed by atoms with Gasteiger partial charge in [0.1, 0.15) is 12.1 Å². The summed E-state index contributed by atoms with van der Waals surface area (Å²) in [6, 6.07) is 1.40. The zero-order valence-corrected chi connectivity index (χ0v) is 21.3. The molecule has 0 saturated carbocycles. The molecule has 0 aliphatic carbocycles. The van der Waals surface area contributed by atoms with E-state index in [1.54, 1.807) is 28.3 Å². The molecule has 202 valence electrons. The minimum absolute atomic E-state index is 0.0117.